The van der Waals surface area contributed by atoms with Gasteiger partial charge in [0.15, 0.2) is 0 Å². The van der Waals surface area contributed by atoms with E-state index in [0.29, 0.717) is 11.8 Å². The van der Waals surface area contributed by atoms with Gasteiger partial charge in [0.05, 0.1) is 0 Å². The van der Waals surface area contributed by atoms with Gasteiger partial charge >= 0.3 is 0 Å². The summed E-state index contributed by atoms with van der Waals surface area (Å²) in [7, 11) is 0. The smallest absolute Gasteiger partial charge is 0.119 e. The number of likely N-dealkylation sites (tertiary alicyclic amines) is 1. The molecule has 2 fully saturated rings. The molecule has 108 valence electrons. The maximum atomic E-state index is 10.1. The molecule has 0 amide bonds. The van der Waals surface area contributed by atoms with Gasteiger partial charge < -0.3 is 5.11 Å². The first-order valence-electron chi connectivity index (χ1n) is 8.41. The predicted octanol–water partition coefficient (Wildman–Crippen LogP) is 4.03. The first-order valence-corrected chi connectivity index (χ1v) is 8.41. The number of hydrogen-bond donors (Lipinski definition) is 1. The molecule has 3 aliphatic rings. The van der Waals surface area contributed by atoms with Gasteiger partial charge in [-0.15, -0.1) is 0 Å². The molecule has 1 saturated carbocycles. The van der Waals surface area contributed by atoms with Crippen LogP contribution in [-0.4, -0.2) is 22.6 Å². The predicted molar refractivity (Wildman–Crippen MR) is 80.9 cm³/mol. The van der Waals surface area contributed by atoms with Crippen molar-refractivity contribution in [2.45, 2.75) is 63.5 Å². The average Bonchev–Trinajstić information content (AvgIpc) is 2.92. The Labute approximate surface area is 121 Å². The third-order valence-corrected chi connectivity index (χ3v) is 5.90. The molecule has 3 atom stereocenters. The normalized spacial score (nSPS) is 33.7. The number of piperidine rings is 1. The Morgan fingerprint density at radius 2 is 1.85 bits per heavy atom. The van der Waals surface area contributed by atoms with Gasteiger partial charge in [-0.25, -0.2) is 0 Å². The minimum atomic E-state index is 0.516. The molecule has 1 unspecified atom stereocenters. The number of phenols is 1. The molecule has 1 saturated heterocycles. The summed E-state index contributed by atoms with van der Waals surface area (Å²) in [4.78, 5) is 2.80. The van der Waals surface area contributed by atoms with Crippen molar-refractivity contribution in [2.75, 3.05) is 6.54 Å². The van der Waals surface area contributed by atoms with Crippen LogP contribution in [0.25, 0.3) is 0 Å². The second kappa shape index (κ2) is 5.07. The summed E-state index contributed by atoms with van der Waals surface area (Å²) >= 11 is 0. The van der Waals surface area contributed by atoms with E-state index >= 15 is 0 Å². The molecule has 0 bridgehead atoms. The molecule has 4 rings (SSSR count). The SMILES string of the molecule is Oc1cccc2c1CCC2N1CCC[C@H]2CCCC[C@H]21. The highest BCUT2D eigenvalue weighted by atomic mass is 16.3. The summed E-state index contributed by atoms with van der Waals surface area (Å²) in [5, 5.41) is 10.1. The van der Waals surface area contributed by atoms with Crippen LogP contribution in [-0.2, 0) is 6.42 Å². The largest absolute Gasteiger partial charge is 0.508 e. The van der Waals surface area contributed by atoms with Crippen LogP contribution in [0.5, 0.6) is 5.75 Å². The van der Waals surface area contributed by atoms with Crippen LogP contribution in [0.1, 0.15) is 62.1 Å². The third-order valence-electron chi connectivity index (χ3n) is 5.90. The van der Waals surface area contributed by atoms with E-state index in [-0.39, 0.29) is 0 Å². The Bertz CT molecular complexity index is 496. The number of aromatic hydroxyl groups is 1. The highest BCUT2D eigenvalue weighted by Gasteiger charge is 2.39. The molecule has 2 heteroatoms. The first-order chi connectivity index (χ1) is 9.84. The lowest BCUT2D eigenvalue weighted by molar-refractivity contribution is 0.0254. The number of rotatable bonds is 1. The summed E-state index contributed by atoms with van der Waals surface area (Å²) in [5.74, 6) is 1.46. The minimum absolute atomic E-state index is 0.516. The molecule has 0 spiro atoms. The zero-order valence-corrected chi connectivity index (χ0v) is 12.2. The lowest BCUT2D eigenvalue weighted by Gasteiger charge is -2.47. The third kappa shape index (κ3) is 1.96. The second-order valence-electron chi connectivity index (χ2n) is 6.89. The van der Waals surface area contributed by atoms with E-state index < -0.39 is 0 Å². The van der Waals surface area contributed by atoms with E-state index in [9.17, 15) is 5.11 Å². The zero-order valence-electron chi connectivity index (χ0n) is 12.2. The first kappa shape index (κ1) is 12.7. The van der Waals surface area contributed by atoms with Crippen molar-refractivity contribution < 1.29 is 5.11 Å². The van der Waals surface area contributed by atoms with E-state index in [2.05, 4.69) is 11.0 Å². The Morgan fingerprint density at radius 1 is 1.00 bits per heavy atom. The summed E-state index contributed by atoms with van der Waals surface area (Å²) in [6.45, 7) is 1.26. The van der Waals surface area contributed by atoms with E-state index in [0.717, 1.165) is 18.4 Å². The van der Waals surface area contributed by atoms with Crippen molar-refractivity contribution in [3.8, 4) is 5.75 Å². The topological polar surface area (TPSA) is 23.5 Å². The maximum Gasteiger partial charge on any atom is 0.119 e. The van der Waals surface area contributed by atoms with Gasteiger partial charge in [-0.2, -0.15) is 0 Å². The highest BCUT2D eigenvalue weighted by Crippen LogP contribution is 2.45. The van der Waals surface area contributed by atoms with Crippen molar-refractivity contribution in [1.82, 2.24) is 4.90 Å². The number of fused-ring (bicyclic) bond motifs is 2. The standard InChI is InChI=1S/C18H25NO/c20-18-9-3-7-14-15(18)10-11-17(14)19-12-4-6-13-5-1-2-8-16(13)19/h3,7,9,13,16-17,20H,1-2,4-6,8,10-12H2/t13-,16-,17?/m1/s1. The van der Waals surface area contributed by atoms with Gasteiger partial charge in [-0.1, -0.05) is 25.0 Å². The summed E-state index contributed by atoms with van der Waals surface area (Å²) in [6, 6.07) is 7.51. The highest BCUT2D eigenvalue weighted by molar-refractivity contribution is 5.44. The summed E-state index contributed by atoms with van der Waals surface area (Å²) < 4.78 is 0. The van der Waals surface area contributed by atoms with Crippen molar-refractivity contribution >= 4 is 0 Å². The lowest BCUT2D eigenvalue weighted by Crippen LogP contribution is -2.47. The fraction of sp³-hybridized carbons (Fsp3) is 0.667. The van der Waals surface area contributed by atoms with Crippen molar-refractivity contribution in [3.05, 3.63) is 29.3 Å². The van der Waals surface area contributed by atoms with Crippen LogP contribution in [0.2, 0.25) is 0 Å². The molecular weight excluding hydrogens is 246 g/mol. The van der Waals surface area contributed by atoms with Crippen molar-refractivity contribution in [3.63, 3.8) is 0 Å². The van der Waals surface area contributed by atoms with Gasteiger partial charge in [0.25, 0.3) is 0 Å². The van der Waals surface area contributed by atoms with E-state index in [1.807, 2.05) is 12.1 Å². The monoisotopic (exact) mass is 271 g/mol. The van der Waals surface area contributed by atoms with E-state index in [1.165, 1.54) is 62.6 Å². The van der Waals surface area contributed by atoms with Crippen molar-refractivity contribution in [1.29, 1.82) is 0 Å². The molecule has 1 aromatic carbocycles. The fourth-order valence-corrected chi connectivity index (χ4v) is 5.01. The van der Waals surface area contributed by atoms with Gasteiger partial charge in [0, 0.05) is 12.1 Å². The molecular formula is C18H25NO. The summed E-state index contributed by atoms with van der Waals surface area (Å²) in [6.07, 6.45) is 10.8. The van der Waals surface area contributed by atoms with Crippen molar-refractivity contribution in [2.24, 2.45) is 5.92 Å². The average molecular weight is 271 g/mol. The van der Waals surface area contributed by atoms with Gasteiger partial charge in [0.2, 0.25) is 0 Å². The van der Waals surface area contributed by atoms with Gasteiger partial charge in [-0.05, 0) is 68.2 Å². The van der Waals surface area contributed by atoms with Crippen LogP contribution in [0, 0.1) is 5.92 Å². The maximum absolute atomic E-state index is 10.1. The molecule has 2 nitrogen and oxygen atoms in total. The fourth-order valence-electron chi connectivity index (χ4n) is 5.01. The van der Waals surface area contributed by atoms with Crippen LogP contribution in [0.3, 0.4) is 0 Å². The van der Waals surface area contributed by atoms with Crippen LogP contribution in [0.15, 0.2) is 18.2 Å². The van der Waals surface area contributed by atoms with Gasteiger partial charge in [-0.3, -0.25) is 4.90 Å². The Morgan fingerprint density at radius 3 is 2.80 bits per heavy atom. The number of benzene rings is 1. The molecule has 1 N–H and O–H groups in total. The van der Waals surface area contributed by atoms with Crippen LogP contribution < -0.4 is 0 Å². The Kier molecular flexibility index (Phi) is 3.22. The quantitative estimate of drug-likeness (QED) is 0.833. The molecule has 0 aromatic heterocycles. The minimum Gasteiger partial charge on any atom is -0.508 e. The number of phenolic OH excluding ortho intramolecular Hbond substituents is 1. The second-order valence-corrected chi connectivity index (χ2v) is 6.89. The molecule has 2 aliphatic carbocycles. The van der Waals surface area contributed by atoms with Crippen LogP contribution >= 0.6 is 0 Å². The lowest BCUT2D eigenvalue weighted by atomic mass is 9.77. The number of nitrogens with zero attached hydrogens (tertiary/aromatic N) is 1. The molecule has 0 radical (unpaired) electrons. The van der Waals surface area contributed by atoms with Gasteiger partial charge in [0.1, 0.15) is 5.75 Å². The summed E-state index contributed by atoms with van der Waals surface area (Å²) in [5.41, 5.74) is 2.63. The molecule has 1 heterocycles. The van der Waals surface area contributed by atoms with Crippen LogP contribution in [0.4, 0.5) is 0 Å². The Hall–Kier alpha value is -1.02. The van der Waals surface area contributed by atoms with E-state index in [1.54, 1.807) is 0 Å². The van der Waals surface area contributed by atoms with E-state index in [4.69, 9.17) is 0 Å². The molecule has 1 aliphatic heterocycles. The zero-order chi connectivity index (χ0) is 13.5. The molecule has 20 heavy (non-hydrogen) atoms. The molecule has 1 aromatic rings. The Balaban J connectivity index is 1.64. The number of hydrogen-bond acceptors (Lipinski definition) is 2.